The van der Waals surface area contributed by atoms with Gasteiger partial charge < -0.3 is 4.90 Å². The highest BCUT2D eigenvalue weighted by Crippen LogP contribution is 2.25. The molecule has 0 bridgehead atoms. The van der Waals surface area contributed by atoms with Gasteiger partial charge in [-0.15, -0.1) is 0 Å². The summed E-state index contributed by atoms with van der Waals surface area (Å²) in [6.45, 7) is 8.41. The van der Waals surface area contributed by atoms with E-state index in [0.29, 0.717) is 5.92 Å². The smallest absolute Gasteiger partial charge is 0.123 e. The van der Waals surface area contributed by atoms with Crippen LogP contribution in [0, 0.1) is 11.7 Å². The molecule has 0 N–H and O–H groups in total. The minimum Gasteiger partial charge on any atom is -0.303 e. The van der Waals surface area contributed by atoms with Crippen molar-refractivity contribution in [2.75, 3.05) is 19.6 Å². The molecule has 0 radical (unpaired) electrons. The van der Waals surface area contributed by atoms with Crippen molar-refractivity contribution in [3.63, 3.8) is 0 Å². The molecule has 1 fully saturated rings. The van der Waals surface area contributed by atoms with Crippen LogP contribution >= 0.6 is 0 Å². The second-order valence-corrected chi connectivity index (χ2v) is 7.34. The van der Waals surface area contributed by atoms with Gasteiger partial charge in [-0.25, -0.2) is 4.39 Å². The Hall–Kier alpha value is -1.67. The van der Waals surface area contributed by atoms with E-state index in [0.717, 1.165) is 17.0 Å². The van der Waals surface area contributed by atoms with E-state index in [-0.39, 0.29) is 5.82 Å². The lowest BCUT2D eigenvalue weighted by molar-refractivity contribution is 0.187. The zero-order valence-corrected chi connectivity index (χ0v) is 14.8. The lowest BCUT2D eigenvalue weighted by Crippen LogP contribution is -2.34. The molecular weight excluding hydrogens is 297 g/mol. The molecule has 2 heteroatoms. The Morgan fingerprint density at radius 1 is 0.958 bits per heavy atom. The molecule has 2 aromatic rings. The van der Waals surface area contributed by atoms with Crippen LogP contribution in [0.4, 0.5) is 4.39 Å². The van der Waals surface area contributed by atoms with E-state index in [1.165, 1.54) is 56.6 Å². The van der Waals surface area contributed by atoms with Gasteiger partial charge in [-0.3, -0.25) is 0 Å². The summed E-state index contributed by atoms with van der Waals surface area (Å²) in [4.78, 5) is 2.61. The Balaban J connectivity index is 1.55. The van der Waals surface area contributed by atoms with Crippen LogP contribution in [0.3, 0.4) is 0 Å². The molecular formula is C22H28FN. The zero-order valence-electron chi connectivity index (χ0n) is 14.8. The van der Waals surface area contributed by atoms with Gasteiger partial charge in [0.1, 0.15) is 5.82 Å². The molecule has 0 aromatic heterocycles. The van der Waals surface area contributed by atoms with E-state index in [1.807, 2.05) is 12.1 Å². The highest BCUT2D eigenvalue weighted by Gasteiger charge is 2.16. The third-order valence-electron chi connectivity index (χ3n) is 5.41. The summed E-state index contributed by atoms with van der Waals surface area (Å²) in [5.74, 6) is 1.29. The van der Waals surface area contributed by atoms with Crippen molar-refractivity contribution in [2.45, 2.75) is 39.0 Å². The molecule has 3 rings (SSSR count). The number of rotatable bonds is 5. The quantitative estimate of drug-likeness (QED) is 0.680. The largest absolute Gasteiger partial charge is 0.303 e. The van der Waals surface area contributed by atoms with Gasteiger partial charge in [-0.05, 0) is 79.6 Å². The molecule has 0 spiro atoms. The van der Waals surface area contributed by atoms with E-state index < -0.39 is 0 Å². The topological polar surface area (TPSA) is 3.24 Å². The van der Waals surface area contributed by atoms with Gasteiger partial charge in [0, 0.05) is 0 Å². The second kappa shape index (κ2) is 7.94. The molecule has 1 nitrogen and oxygen atoms in total. The molecule has 0 amide bonds. The molecule has 2 aromatic carbocycles. The summed E-state index contributed by atoms with van der Waals surface area (Å²) in [6.07, 6.45) is 3.91. The fourth-order valence-electron chi connectivity index (χ4n) is 3.48. The summed E-state index contributed by atoms with van der Waals surface area (Å²) in [5.41, 5.74) is 3.61. The van der Waals surface area contributed by atoms with Crippen molar-refractivity contribution < 1.29 is 4.39 Å². The minimum absolute atomic E-state index is 0.184. The number of piperidine rings is 1. The first-order valence-electron chi connectivity index (χ1n) is 9.20. The first-order chi connectivity index (χ1) is 11.6. The fraction of sp³-hybridized carbons (Fsp3) is 0.455. The second-order valence-electron chi connectivity index (χ2n) is 7.34. The van der Waals surface area contributed by atoms with Crippen LogP contribution in [0.15, 0.2) is 48.5 Å². The van der Waals surface area contributed by atoms with E-state index >= 15 is 0 Å². The lowest BCUT2D eigenvalue weighted by atomic mass is 9.94. The van der Waals surface area contributed by atoms with Crippen molar-refractivity contribution in [1.82, 2.24) is 4.90 Å². The lowest BCUT2D eigenvalue weighted by Gasteiger charge is -2.31. The number of benzene rings is 2. The molecule has 0 aliphatic carbocycles. The van der Waals surface area contributed by atoms with Crippen LogP contribution in [-0.2, 0) is 0 Å². The summed E-state index contributed by atoms with van der Waals surface area (Å²) in [7, 11) is 0. The van der Waals surface area contributed by atoms with Gasteiger partial charge in [0.25, 0.3) is 0 Å². The number of hydrogen-bond donors (Lipinski definition) is 0. The monoisotopic (exact) mass is 325 g/mol. The van der Waals surface area contributed by atoms with Crippen LogP contribution in [-0.4, -0.2) is 24.5 Å². The van der Waals surface area contributed by atoms with Crippen molar-refractivity contribution in [3.05, 3.63) is 59.9 Å². The molecule has 1 saturated heterocycles. The average molecular weight is 325 g/mol. The van der Waals surface area contributed by atoms with Gasteiger partial charge in [0.2, 0.25) is 0 Å². The summed E-state index contributed by atoms with van der Waals surface area (Å²) in [6, 6.07) is 15.5. The van der Waals surface area contributed by atoms with Crippen LogP contribution in [0.5, 0.6) is 0 Å². The Morgan fingerprint density at radius 2 is 1.50 bits per heavy atom. The third kappa shape index (κ3) is 4.45. The standard InChI is InChI=1S/C22H28FN/c1-17-11-14-24(15-12-17)16-13-18(2)19-3-5-20(6-4-19)21-7-9-22(23)10-8-21/h3-10,17-18H,11-16H2,1-2H3. The van der Waals surface area contributed by atoms with Crippen molar-refractivity contribution in [1.29, 1.82) is 0 Å². The maximum Gasteiger partial charge on any atom is 0.123 e. The van der Waals surface area contributed by atoms with E-state index in [9.17, 15) is 4.39 Å². The fourth-order valence-corrected chi connectivity index (χ4v) is 3.48. The molecule has 0 saturated carbocycles. The Morgan fingerprint density at radius 3 is 2.08 bits per heavy atom. The Labute approximate surface area is 145 Å². The number of hydrogen-bond acceptors (Lipinski definition) is 1. The molecule has 1 unspecified atom stereocenters. The van der Waals surface area contributed by atoms with Crippen LogP contribution < -0.4 is 0 Å². The number of likely N-dealkylation sites (tertiary alicyclic amines) is 1. The molecule has 1 atom stereocenters. The molecule has 128 valence electrons. The Bertz CT molecular complexity index is 624. The summed E-state index contributed by atoms with van der Waals surface area (Å²) in [5, 5.41) is 0. The van der Waals surface area contributed by atoms with Gasteiger partial charge in [0.15, 0.2) is 0 Å². The minimum atomic E-state index is -0.184. The summed E-state index contributed by atoms with van der Waals surface area (Å²) >= 11 is 0. The normalized spacial score (nSPS) is 17.8. The van der Waals surface area contributed by atoms with Crippen molar-refractivity contribution in [2.24, 2.45) is 5.92 Å². The van der Waals surface area contributed by atoms with Crippen LogP contribution in [0.2, 0.25) is 0 Å². The molecule has 24 heavy (non-hydrogen) atoms. The first kappa shape index (κ1) is 17.2. The summed E-state index contributed by atoms with van der Waals surface area (Å²) < 4.78 is 13.0. The van der Waals surface area contributed by atoms with Gasteiger partial charge in [-0.2, -0.15) is 0 Å². The first-order valence-corrected chi connectivity index (χ1v) is 9.20. The van der Waals surface area contributed by atoms with Crippen LogP contribution in [0.1, 0.15) is 44.6 Å². The average Bonchev–Trinajstić information content (AvgIpc) is 2.62. The number of nitrogens with zero attached hydrogens (tertiary/aromatic N) is 1. The van der Waals surface area contributed by atoms with E-state index in [1.54, 1.807) is 0 Å². The maximum absolute atomic E-state index is 13.0. The predicted molar refractivity (Wildman–Crippen MR) is 99.7 cm³/mol. The molecule has 1 aliphatic heterocycles. The van der Waals surface area contributed by atoms with Gasteiger partial charge >= 0.3 is 0 Å². The highest BCUT2D eigenvalue weighted by molar-refractivity contribution is 5.63. The van der Waals surface area contributed by atoms with Crippen LogP contribution in [0.25, 0.3) is 11.1 Å². The van der Waals surface area contributed by atoms with E-state index in [4.69, 9.17) is 0 Å². The zero-order chi connectivity index (χ0) is 16.9. The third-order valence-corrected chi connectivity index (χ3v) is 5.41. The van der Waals surface area contributed by atoms with Crippen molar-refractivity contribution >= 4 is 0 Å². The SMILES string of the molecule is CC1CCN(CCC(C)c2ccc(-c3ccc(F)cc3)cc2)CC1. The van der Waals surface area contributed by atoms with Gasteiger partial charge in [-0.1, -0.05) is 50.2 Å². The maximum atomic E-state index is 13.0. The highest BCUT2D eigenvalue weighted by atomic mass is 19.1. The molecule has 1 heterocycles. The number of halogens is 1. The van der Waals surface area contributed by atoms with E-state index in [2.05, 4.69) is 43.0 Å². The van der Waals surface area contributed by atoms with Gasteiger partial charge in [0.05, 0.1) is 0 Å². The van der Waals surface area contributed by atoms with Crippen molar-refractivity contribution in [3.8, 4) is 11.1 Å². The molecule has 1 aliphatic rings. The predicted octanol–water partition coefficient (Wildman–Crippen LogP) is 5.72. The Kier molecular flexibility index (Phi) is 5.68.